The Morgan fingerprint density at radius 3 is 2.42 bits per heavy atom. The van der Waals surface area contributed by atoms with E-state index < -0.39 is 10.1 Å². The highest BCUT2D eigenvalue weighted by atomic mass is 32.2. The summed E-state index contributed by atoms with van der Waals surface area (Å²) in [7, 11) is -4.43. The van der Waals surface area contributed by atoms with Crippen molar-refractivity contribution in [3.8, 4) is 17.2 Å². The van der Waals surface area contributed by atoms with Gasteiger partial charge in [0.25, 0.3) is 10.1 Å². The first-order valence-electron chi connectivity index (χ1n) is 7.76. The van der Waals surface area contributed by atoms with Crippen LogP contribution in [0, 0.1) is 0 Å². The summed E-state index contributed by atoms with van der Waals surface area (Å²) < 4.78 is 39.3. The first kappa shape index (κ1) is 16.4. The lowest BCUT2D eigenvalue weighted by molar-refractivity contribution is 0.449. The highest BCUT2D eigenvalue weighted by Crippen LogP contribution is 2.39. The molecule has 6 heteroatoms. The lowest BCUT2D eigenvalue weighted by atomic mass is 9.92. The van der Waals surface area contributed by atoms with Gasteiger partial charge in [0.15, 0.2) is 0 Å². The zero-order valence-corrected chi connectivity index (χ0v) is 14.3. The van der Waals surface area contributed by atoms with Crippen LogP contribution in [0.1, 0.15) is 11.1 Å². The number of phenols is 1. The van der Waals surface area contributed by atoms with Gasteiger partial charge < -0.3 is 9.84 Å². The molecule has 0 unspecified atom stereocenters. The van der Waals surface area contributed by atoms with E-state index in [2.05, 4.69) is 6.58 Å². The molecule has 1 aliphatic rings. The van der Waals surface area contributed by atoms with Gasteiger partial charge in [0, 0.05) is 28.0 Å². The molecule has 0 amide bonds. The van der Waals surface area contributed by atoms with E-state index in [-0.39, 0.29) is 10.6 Å². The van der Waals surface area contributed by atoms with Crippen molar-refractivity contribution in [3.05, 3.63) is 82.2 Å². The second-order valence-electron chi connectivity index (χ2n) is 5.96. The summed E-state index contributed by atoms with van der Waals surface area (Å²) in [5.74, 6) is 0.916. The minimum atomic E-state index is -4.43. The van der Waals surface area contributed by atoms with Crippen LogP contribution in [0.25, 0.3) is 12.2 Å². The van der Waals surface area contributed by atoms with E-state index in [1.54, 1.807) is 42.5 Å². The van der Waals surface area contributed by atoms with Gasteiger partial charge in [-0.2, -0.15) is 8.42 Å². The van der Waals surface area contributed by atoms with Crippen LogP contribution < -0.4 is 15.2 Å². The fourth-order valence-electron chi connectivity index (χ4n) is 3.11. The number of rotatable bonds is 2. The van der Waals surface area contributed by atoms with Gasteiger partial charge in [-0.05, 0) is 29.5 Å². The smallest absolute Gasteiger partial charge is 0.295 e. The van der Waals surface area contributed by atoms with Crippen molar-refractivity contribution in [1.29, 1.82) is 0 Å². The largest absolute Gasteiger partial charge is 0.508 e. The summed E-state index contributed by atoms with van der Waals surface area (Å²) in [4.78, 5) is -0.194. The predicted molar refractivity (Wildman–Crippen MR) is 97.3 cm³/mol. The third-order valence-corrected chi connectivity index (χ3v) is 5.12. The van der Waals surface area contributed by atoms with Crippen LogP contribution in [0.2, 0.25) is 0 Å². The van der Waals surface area contributed by atoms with Crippen LogP contribution in [0.4, 0.5) is 0 Å². The van der Waals surface area contributed by atoms with Gasteiger partial charge in [-0.1, -0.05) is 36.9 Å². The van der Waals surface area contributed by atoms with Crippen LogP contribution >= 0.6 is 0 Å². The Hall–Kier alpha value is -3.09. The topological polar surface area (TPSA) is 83.8 Å². The molecule has 0 atom stereocenters. The van der Waals surface area contributed by atoms with Gasteiger partial charge in [0.05, 0.1) is 0 Å². The molecule has 130 valence electrons. The number of benzene rings is 3. The number of phenolic OH excluding ortho intramolecular Hbond substituents is 1. The zero-order valence-electron chi connectivity index (χ0n) is 13.5. The van der Waals surface area contributed by atoms with Crippen molar-refractivity contribution in [3.63, 3.8) is 0 Å². The molecule has 5 nitrogen and oxygen atoms in total. The Bertz CT molecular complexity index is 1260. The molecule has 0 aliphatic carbocycles. The normalized spacial score (nSPS) is 12.9. The van der Waals surface area contributed by atoms with Gasteiger partial charge in [-0.3, -0.25) is 4.55 Å². The number of fused-ring (bicyclic) bond motifs is 2. The van der Waals surface area contributed by atoms with E-state index in [0.29, 0.717) is 33.4 Å². The van der Waals surface area contributed by atoms with E-state index in [9.17, 15) is 18.1 Å². The maximum Gasteiger partial charge on any atom is 0.295 e. The summed E-state index contributed by atoms with van der Waals surface area (Å²) in [6, 6.07) is 16.2. The molecule has 0 bridgehead atoms. The second kappa shape index (κ2) is 5.72. The van der Waals surface area contributed by atoms with Crippen LogP contribution in [-0.4, -0.2) is 18.1 Å². The lowest BCUT2D eigenvalue weighted by Crippen LogP contribution is -2.20. The lowest BCUT2D eigenvalue weighted by Gasteiger charge is -2.22. The van der Waals surface area contributed by atoms with Crippen molar-refractivity contribution in [1.82, 2.24) is 0 Å². The van der Waals surface area contributed by atoms with Crippen molar-refractivity contribution in [2.75, 3.05) is 0 Å². The average Bonchev–Trinajstić information content (AvgIpc) is 2.58. The predicted octanol–water partition coefficient (Wildman–Crippen LogP) is 2.40. The molecule has 0 aromatic heterocycles. The molecule has 1 aliphatic heterocycles. The molecule has 26 heavy (non-hydrogen) atoms. The molecule has 3 aromatic rings. The van der Waals surface area contributed by atoms with Gasteiger partial charge in [-0.25, -0.2) is 0 Å². The zero-order chi connectivity index (χ0) is 18.5. The molecule has 0 saturated heterocycles. The number of ether oxygens (including phenoxy) is 1. The first-order valence-corrected chi connectivity index (χ1v) is 9.20. The molecule has 0 saturated carbocycles. The highest BCUT2D eigenvalue weighted by Gasteiger charge is 2.25. The van der Waals surface area contributed by atoms with Gasteiger partial charge >= 0.3 is 0 Å². The van der Waals surface area contributed by atoms with Crippen molar-refractivity contribution in [2.24, 2.45) is 0 Å². The van der Waals surface area contributed by atoms with Gasteiger partial charge in [0.1, 0.15) is 22.1 Å². The van der Waals surface area contributed by atoms with Crippen LogP contribution in [0.5, 0.6) is 17.2 Å². The fraction of sp³-hybridized carbons (Fsp3) is 0. The van der Waals surface area contributed by atoms with E-state index in [0.717, 1.165) is 5.22 Å². The molecular formula is C20H14O5S. The highest BCUT2D eigenvalue weighted by molar-refractivity contribution is 7.86. The Morgan fingerprint density at radius 1 is 0.885 bits per heavy atom. The molecule has 0 fully saturated rings. The van der Waals surface area contributed by atoms with Crippen molar-refractivity contribution >= 4 is 22.3 Å². The first-order chi connectivity index (χ1) is 12.3. The van der Waals surface area contributed by atoms with Crippen molar-refractivity contribution in [2.45, 2.75) is 4.90 Å². The Labute approximate surface area is 149 Å². The van der Waals surface area contributed by atoms with Gasteiger partial charge in [0.2, 0.25) is 0 Å². The second-order valence-corrected chi connectivity index (χ2v) is 7.35. The third-order valence-electron chi connectivity index (χ3n) is 4.20. The van der Waals surface area contributed by atoms with E-state index in [1.165, 1.54) is 18.2 Å². The fourth-order valence-corrected chi connectivity index (χ4v) is 3.81. The molecule has 0 radical (unpaired) electrons. The Kier molecular flexibility index (Phi) is 3.61. The maximum atomic E-state index is 11.9. The minimum absolute atomic E-state index is 0.0281. The third kappa shape index (κ3) is 2.65. The van der Waals surface area contributed by atoms with Crippen LogP contribution in [0.15, 0.2) is 65.6 Å². The summed E-state index contributed by atoms with van der Waals surface area (Å²) in [6.45, 7) is 3.88. The summed E-state index contributed by atoms with van der Waals surface area (Å²) in [6.07, 6.45) is 0. The monoisotopic (exact) mass is 366 g/mol. The standard InChI is InChI=1S/C20H14O5S/c1-12-6-8-14-17(10-12)25-18-11-13(21)7-9-15(18)20(14)16-4-2-3-5-19(16)26(22,23)24/h2-11,21H,1H2,(H,22,23,24). The van der Waals surface area contributed by atoms with Crippen LogP contribution in [-0.2, 0) is 10.1 Å². The average molecular weight is 366 g/mol. The molecule has 0 spiro atoms. The molecule has 1 heterocycles. The molecular weight excluding hydrogens is 352 g/mol. The maximum absolute atomic E-state index is 11.9. The number of hydrogen-bond acceptors (Lipinski definition) is 4. The molecule has 4 rings (SSSR count). The SMILES string of the molecule is C=c1ccc2c(c1)Oc1cc(O)ccc1C=2c1ccccc1S(=O)(=O)O. The summed E-state index contributed by atoms with van der Waals surface area (Å²) >= 11 is 0. The minimum Gasteiger partial charge on any atom is -0.508 e. The van der Waals surface area contributed by atoms with E-state index >= 15 is 0 Å². The van der Waals surface area contributed by atoms with E-state index in [1.807, 2.05) is 0 Å². The number of aromatic hydroxyl groups is 1. The van der Waals surface area contributed by atoms with Gasteiger partial charge in [-0.15, -0.1) is 0 Å². The number of hydrogen-bond donors (Lipinski definition) is 2. The molecule has 2 N–H and O–H groups in total. The Balaban J connectivity index is 2.19. The summed E-state index contributed by atoms with van der Waals surface area (Å²) in [5.41, 5.74) is 1.56. The van der Waals surface area contributed by atoms with Crippen LogP contribution in [0.3, 0.4) is 0 Å². The summed E-state index contributed by atoms with van der Waals surface area (Å²) in [5, 5.41) is 11.2. The molecule has 3 aromatic carbocycles. The van der Waals surface area contributed by atoms with E-state index in [4.69, 9.17) is 4.74 Å². The quantitative estimate of drug-likeness (QED) is 0.532. The van der Waals surface area contributed by atoms with Crippen molar-refractivity contribution < 1.29 is 22.8 Å². The Morgan fingerprint density at radius 2 is 1.65 bits per heavy atom.